The molecular weight excluding hydrogens is 272 g/mol. The molecule has 21 heavy (non-hydrogen) atoms. The van der Waals surface area contributed by atoms with Crippen LogP contribution in [-0.4, -0.2) is 48.1 Å². The number of ketones is 1. The van der Waals surface area contributed by atoms with Crippen molar-refractivity contribution in [1.29, 1.82) is 0 Å². The van der Waals surface area contributed by atoms with E-state index >= 15 is 0 Å². The maximum atomic E-state index is 12.5. The molecule has 0 radical (unpaired) electrons. The number of hydrogen-bond donors (Lipinski definition) is 1. The van der Waals surface area contributed by atoms with E-state index in [0.29, 0.717) is 22.8 Å². The highest BCUT2D eigenvalue weighted by atomic mass is 16.5. The molecule has 0 bridgehead atoms. The first kappa shape index (κ1) is 13.6. The minimum Gasteiger partial charge on any atom is -0.497 e. The lowest BCUT2D eigenvalue weighted by Crippen LogP contribution is -2.43. The summed E-state index contributed by atoms with van der Waals surface area (Å²) < 4.78 is 12.1. The Hall–Kier alpha value is -2.41. The predicted octanol–water partition coefficient (Wildman–Crippen LogP) is 0.671. The SMILES string of the molecule is COc1cc(OC)cc(C(=O)c2cn(C3CNC3)nn2)c1. The molecule has 0 amide bonds. The number of nitrogens with one attached hydrogen (secondary N) is 1. The molecule has 1 aliphatic heterocycles. The summed E-state index contributed by atoms with van der Waals surface area (Å²) in [4.78, 5) is 12.5. The summed E-state index contributed by atoms with van der Waals surface area (Å²) in [7, 11) is 3.09. The van der Waals surface area contributed by atoms with Gasteiger partial charge in [0.15, 0.2) is 5.69 Å². The smallest absolute Gasteiger partial charge is 0.215 e. The van der Waals surface area contributed by atoms with Crippen LogP contribution in [0.5, 0.6) is 11.5 Å². The molecule has 0 unspecified atom stereocenters. The molecule has 1 aliphatic rings. The number of nitrogens with zero attached hydrogens (tertiary/aromatic N) is 3. The summed E-state index contributed by atoms with van der Waals surface area (Å²) in [5, 5.41) is 11.1. The first-order chi connectivity index (χ1) is 10.2. The third kappa shape index (κ3) is 2.59. The summed E-state index contributed by atoms with van der Waals surface area (Å²) in [6.07, 6.45) is 1.68. The van der Waals surface area contributed by atoms with Crippen molar-refractivity contribution in [1.82, 2.24) is 20.3 Å². The quantitative estimate of drug-likeness (QED) is 0.815. The Kier molecular flexibility index (Phi) is 3.57. The van der Waals surface area contributed by atoms with Gasteiger partial charge in [-0.05, 0) is 12.1 Å². The van der Waals surface area contributed by atoms with E-state index in [9.17, 15) is 4.79 Å². The Morgan fingerprint density at radius 2 is 1.90 bits per heavy atom. The van der Waals surface area contributed by atoms with Gasteiger partial charge in [-0.2, -0.15) is 0 Å². The standard InChI is InChI=1S/C14H16N4O3/c1-20-11-3-9(4-12(5-11)21-2)14(19)13-8-18(17-16-13)10-6-15-7-10/h3-5,8,10,15H,6-7H2,1-2H3. The number of benzene rings is 1. The molecule has 1 N–H and O–H groups in total. The van der Waals surface area contributed by atoms with Crippen LogP contribution >= 0.6 is 0 Å². The average molecular weight is 288 g/mol. The van der Waals surface area contributed by atoms with Crippen LogP contribution in [0.15, 0.2) is 24.4 Å². The topological polar surface area (TPSA) is 78.3 Å². The van der Waals surface area contributed by atoms with Gasteiger partial charge in [-0.1, -0.05) is 5.21 Å². The van der Waals surface area contributed by atoms with Crippen molar-refractivity contribution in [2.45, 2.75) is 6.04 Å². The Morgan fingerprint density at radius 1 is 1.24 bits per heavy atom. The first-order valence-electron chi connectivity index (χ1n) is 6.61. The summed E-state index contributed by atoms with van der Waals surface area (Å²) >= 11 is 0. The summed E-state index contributed by atoms with van der Waals surface area (Å²) in [5.74, 6) is 0.923. The predicted molar refractivity (Wildman–Crippen MR) is 74.9 cm³/mol. The molecule has 0 spiro atoms. The largest absolute Gasteiger partial charge is 0.497 e. The Labute approximate surface area is 121 Å². The van der Waals surface area contributed by atoms with Crippen LogP contribution < -0.4 is 14.8 Å². The average Bonchev–Trinajstić information content (AvgIpc) is 2.93. The molecule has 0 aliphatic carbocycles. The molecule has 3 rings (SSSR count). The fraction of sp³-hybridized carbons (Fsp3) is 0.357. The molecule has 110 valence electrons. The summed E-state index contributed by atoms with van der Waals surface area (Å²) in [6, 6.07) is 5.32. The molecule has 1 fully saturated rings. The minimum atomic E-state index is -0.203. The van der Waals surface area contributed by atoms with Crippen molar-refractivity contribution in [3.8, 4) is 11.5 Å². The van der Waals surface area contributed by atoms with Gasteiger partial charge >= 0.3 is 0 Å². The summed E-state index contributed by atoms with van der Waals surface area (Å²) in [6.45, 7) is 1.70. The fourth-order valence-electron chi connectivity index (χ4n) is 2.11. The van der Waals surface area contributed by atoms with Gasteiger partial charge in [-0.15, -0.1) is 5.10 Å². The number of carbonyl (C=O) groups is 1. The second kappa shape index (κ2) is 5.53. The van der Waals surface area contributed by atoms with Crippen LogP contribution in [-0.2, 0) is 0 Å². The van der Waals surface area contributed by atoms with Crippen molar-refractivity contribution >= 4 is 5.78 Å². The second-order valence-corrected chi connectivity index (χ2v) is 4.83. The molecule has 2 heterocycles. The Balaban J connectivity index is 1.88. The highest BCUT2D eigenvalue weighted by Gasteiger charge is 2.22. The number of methoxy groups -OCH3 is 2. The van der Waals surface area contributed by atoms with Crippen LogP contribution in [0.2, 0.25) is 0 Å². The molecule has 7 heteroatoms. The molecule has 1 aromatic carbocycles. The number of rotatable bonds is 5. The molecule has 1 saturated heterocycles. The highest BCUT2D eigenvalue weighted by molar-refractivity contribution is 6.07. The number of ether oxygens (including phenoxy) is 2. The normalized spacial score (nSPS) is 14.6. The van der Waals surface area contributed by atoms with Crippen LogP contribution in [0, 0.1) is 0 Å². The summed E-state index contributed by atoms with van der Waals surface area (Å²) in [5.41, 5.74) is 0.780. The first-order valence-corrected chi connectivity index (χ1v) is 6.61. The van der Waals surface area contributed by atoms with E-state index in [1.165, 1.54) is 0 Å². The fourth-order valence-corrected chi connectivity index (χ4v) is 2.11. The van der Waals surface area contributed by atoms with Crippen LogP contribution in [0.4, 0.5) is 0 Å². The number of aromatic nitrogens is 3. The van der Waals surface area contributed by atoms with Crippen LogP contribution in [0.1, 0.15) is 22.1 Å². The lowest BCUT2D eigenvalue weighted by Gasteiger charge is -2.26. The molecular formula is C14H16N4O3. The molecule has 1 aromatic heterocycles. The zero-order valence-electron chi connectivity index (χ0n) is 11.9. The Bertz CT molecular complexity index is 642. The van der Waals surface area contributed by atoms with Crippen molar-refractivity contribution in [3.05, 3.63) is 35.7 Å². The van der Waals surface area contributed by atoms with Crippen molar-refractivity contribution < 1.29 is 14.3 Å². The van der Waals surface area contributed by atoms with Gasteiger partial charge < -0.3 is 14.8 Å². The second-order valence-electron chi connectivity index (χ2n) is 4.83. The Morgan fingerprint density at radius 3 is 2.43 bits per heavy atom. The molecule has 0 atom stereocenters. The van der Waals surface area contributed by atoms with Gasteiger partial charge in [-0.3, -0.25) is 4.79 Å². The van der Waals surface area contributed by atoms with E-state index in [4.69, 9.17) is 9.47 Å². The van der Waals surface area contributed by atoms with E-state index in [2.05, 4.69) is 15.6 Å². The maximum absolute atomic E-state index is 12.5. The molecule has 7 nitrogen and oxygen atoms in total. The van der Waals surface area contributed by atoms with Crippen LogP contribution in [0.25, 0.3) is 0 Å². The number of carbonyl (C=O) groups excluding carboxylic acids is 1. The highest BCUT2D eigenvalue weighted by Crippen LogP contribution is 2.24. The van der Waals surface area contributed by atoms with Gasteiger partial charge in [0.1, 0.15) is 11.5 Å². The lowest BCUT2D eigenvalue weighted by molar-refractivity contribution is 0.103. The van der Waals surface area contributed by atoms with E-state index in [1.54, 1.807) is 43.3 Å². The number of hydrogen-bond acceptors (Lipinski definition) is 6. The zero-order valence-corrected chi connectivity index (χ0v) is 11.9. The lowest BCUT2D eigenvalue weighted by atomic mass is 10.1. The van der Waals surface area contributed by atoms with Gasteiger partial charge in [0.2, 0.25) is 5.78 Å². The third-order valence-electron chi connectivity index (χ3n) is 3.49. The van der Waals surface area contributed by atoms with Gasteiger partial charge in [0.25, 0.3) is 0 Å². The van der Waals surface area contributed by atoms with Crippen molar-refractivity contribution in [3.63, 3.8) is 0 Å². The maximum Gasteiger partial charge on any atom is 0.215 e. The van der Waals surface area contributed by atoms with E-state index in [0.717, 1.165) is 13.1 Å². The minimum absolute atomic E-state index is 0.203. The molecule has 2 aromatic rings. The van der Waals surface area contributed by atoms with Gasteiger partial charge in [0.05, 0.1) is 26.5 Å². The third-order valence-corrected chi connectivity index (χ3v) is 3.49. The van der Waals surface area contributed by atoms with E-state index in [-0.39, 0.29) is 11.8 Å². The van der Waals surface area contributed by atoms with Crippen molar-refractivity contribution in [2.24, 2.45) is 0 Å². The monoisotopic (exact) mass is 288 g/mol. The van der Waals surface area contributed by atoms with Crippen molar-refractivity contribution in [2.75, 3.05) is 27.3 Å². The van der Waals surface area contributed by atoms with E-state index in [1.807, 2.05) is 0 Å². The zero-order chi connectivity index (χ0) is 14.8. The van der Waals surface area contributed by atoms with Gasteiger partial charge in [0, 0.05) is 24.7 Å². The van der Waals surface area contributed by atoms with E-state index < -0.39 is 0 Å². The molecule has 0 saturated carbocycles. The van der Waals surface area contributed by atoms with Gasteiger partial charge in [-0.25, -0.2) is 4.68 Å². The van der Waals surface area contributed by atoms with Crippen LogP contribution in [0.3, 0.4) is 0 Å².